The molecule has 1 rings (SSSR count). The normalized spacial score (nSPS) is 12.4. The Morgan fingerprint density at radius 2 is 2.21 bits per heavy atom. The third-order valence-electron chi connectivity index (χ3n) is 2.25. The molecule has 0 aliphatic heterocycles. The number of anilines is 1. The number of ether oxygens (including phenoxy) is 1. The van der Waals surface area contributed by atoms with Crippen LogP contribution in [0.5, 0.6) is 5.75 Å². The lowest BCUT2D eigenvalue weighted by molar-refractivity contribution is -0.117. The Kier molecular flexibility index (Phi) is 5.96. The molecule has 0 saturated carbocycles. The fourth-order valence-corrected chi connectivity index (χ4v) is 2.18. The Morgan fingerprint density at radius 3 is 2.74 bits per heavy atom. The van der Waals surface area contributed by atoms with Gasteiger partial charge in [0, 0.05) is 5.02 Å². The molecule has 0 unspecified atom stereocenters. The number of nitrogens with one attached hydrogen (secondary N) is 1. The van der Waals surface area contributed by atoms with Crippen molar-refractivity contribution >= 4 is 39.1 Å². The van der Waals surface area contributed by atoms with Crippen LogP contribution in [0.2, 0.25) is 5.02 Å². The van der Waals surface area contributed by atoms with E-state index in [0.717, 1.165) is 0 Å². The SMILES string of the molecule is CC[C@H](N)C(=O)Nc1cc(Cl)cc(Br)c1OC(F)F. The molecule has 1 aromatic carbocycles. The van der Waals surface area contributed by atoms with E-state index in [2.05, 4.69) is 26.0 Å². The van der Waals surface area contributed by atoms with Crippen LogP contribution in [-0.4, -0.2) is 18.6 Å². The molecule has 0 radical (unpaired) electrons. The Labute approximate surface area is 122 Å². The number of benzene rings is 1. The minimum atomic E-state index is -3.02. The Bertz CT molecular complexity index is 474. The summed E-state index contributed by atoms with van der Waals surface area (Å²) in [5.74, 6) is -0.702. The predicted molar refractivity (Wildman–Crippen MR) is 72.7 cm³/mol. The Balaban J connectivity index is 3.07. The largest absolute Gasteiger partial charge is 0.431 e. The molecular formula is C11H12BrClF2N2O2. The maximum Gasteiger partial charge on any atom is 0.387 e. The maximum atomic E-state index is 12.3. The molecule has 19 heavy (non-hydrogen) atoms. The van der Waals surface area contributed by atoms with Crippen molar-refractivity contribution in [1.82, 2.24) is 0 Å². The molecule has 0 heterocycles. The first kappa shape index (κ1) is 16.1. The second kappa shape index (κ2) is 7.02. The van der Waals surface area contributed by atoms with Gasteiger partial charge in [-0.1, -0.05) is 18.5 Å². The zero-order valence-corrected chi connectivity index (χ0v) is 12.3. The summed E-state index contributed by atoms with van der Waals surface area (Å²) >= 11 is 8.85. The van der Waals surface area contributed by atoms with Crippen molar-refractivity contribution in [3.63, 3.8) is 0 Å². The Hall–Kier alpha value is -0.920. The molecule has 3 N–H and O–H groups in total. The molecule has 0 spiro atoms. The van der Waals surface area contributed by atoms with Crippen LogP contribution >= 0.6 is 27.5 Å². The van der Waals surface area contributed by atoms with Crippen molar-refractivity contribution in [1.29, 1.82) is 0 Å². The van der Waals surface area contributed by atoms with Gasteiger partial charge in [0.05, 0.1) is 16.2 Å². The van der Waals surface area contributed by atoms with E-state index < -0.39 is 18.6 Å². The molecule has 0 aliphatic carbocycles. The molecule has 0 saturated heterocycles. The van der Waals surface area contributed by atoms with Gasteiger partial charge >= 0.3 is 6.61 Å². The van der Waals surface area contributed by atoms with Crippen LogP contribution in [0.15, 0.2) is 16.6 Å². The van der Waals surface area contributed by atoms with Crippen LogP contribution < -0.4 is 15.8 Å². The smallest absolute Gasteiger partial charge is 0.387 e. The van der Waals surface area contributed by atoms with Crippen molar-refractivity contribution in [3.8, 4) is 5.75 Å². The molecule has 0 bridgehead atoms. The third kappa shape index (κ3) is 4.59. The summed E-state index contributed by atoms with van der Waals surface area (Å²) in [7, 11) is 0. The van der Waals surface area contributed by atoms with Crippen LogP contribution in [0.3, 0.4) is 0 Å². The van der Waals surface area contributed by atoms with E-state index in [4.69, 9.17) is 17.3 Å². The molecule has 4 nitrogen and oxygen atoms in total. The second-order valence-corrected chi connectivity index (χ2v) is 4.94. The fourth-order valence-electron chi connectivity index (χ4n) is 1.27. The van der Waals surface area contributed by atoms with Gasteiger partial charge in [0.2, 0.25) is 5.91 Å². The average Bonchev–Trinajstić information content (AvgIpc) is 2.32. The lowest BCUT2D eigenvalue weighted by Gasteiger charge is -2.16. The summed E-state index contributed by atoms with van der Waals surface area (Å²) in [6.45, 7) is -1.29. The molecule has 0 aliphatic rings. The first-order valence-electron chi connectivity index (χ1n) is 5.35. The zero-order valence-electron chi connectivity index (χ0n) is 9.92. The quantitative estimate of drug-likeness (QED) is 0.849. The van der Waals surface area contributed by atoms with E-state index in [1.807, 2.05) is 0 Å². The number of rotatable bonds is 5. The average molecular weight is 358 g/mol. The van der Waals surface area contributed by atoms with Gasteiger partial charge in [0.15, 0.2) is 5.75 Å². The molecular weight excluding hydrogens is 345 g/mol. The van der Waals surface area contributed by atoms with Crippen LogP contribution in [0.4, 0.5) is 14.5 Å². The minimum Gasteiger partial charge on any atom is -0.431 e. The minimum absolute atomic E-state index is 0.0357. The summed E-state index contributed by atoms with van der Waals surface area (Å²) in [5, 5.41) is 2.67. The van der Waals surface area contributed by atoms with Gasteiger partial charge < -0.3 is 15.8 Å². The molecule has 1 amide bonds. The van der Waals surface area contributed by atoms with Gasteiger partial charge in [0.1, 0.15) is 0 Å². The topological polar surface area (TPSA) is 64.4 Å². The molecule has 0 fully saturated rings. The standard InChI is InChI=1S/C11H12BrClF2N2O2/c1-2-7(16)10(18)17-8-4-5(13)3-6(12)9(8)19-11(14)15/h3-4,7,11H,2,16H2,1H3,(H,17,18)/t7-/m0/s1. The van der Waals surface area contributed by atoms with E-state index in [1.165, 1.54) is 12.1 Å². The highest BCUT2D eigenvalue weighted by Crippen LogP contribution is 2.37. The van der Waals surface area contributed by atoms with Crippen molar-refractivity contribution in [2.24, 2.45) is 5.73 Å². The monoisotopic (exact) mass is 356 g/mol. The second-order valence-electron chi connectivity index (χ2n) is 3.65. The first-order valence-corrected chi connectivity index (χ1v) is 6.52. The highest BCUT2D eigenvalue weighted by Gasteiger charge is 2.18. The third-order valence-corrected chi connectivity index (χ3v) is 3.06. The zero-order chi connectivity index (χ0) is 14.6. The van der Waals surface area contributed by atoms with Crippen molar-refractivity contribution in [3.05, 3.63) is 21.6 Å². The van der Waals surface area contributed by atoms with Crippen LogP contribution in [-0.2, 0) is 4.79 Å². The number of amides is 1. The molecule has 0 aromatic heterocycles. The number of carbonyl (C=O) groups excluding carboxylic acids is 1. The number of nitrogens with two attached hydrogens (primary N) is 1. The van der Waals surface area contributed by atoms with Gasteiger partial charge in [-0.15, -0.1) is 0 Å². The molecule has 1 atom stereocenters. The highest BCUT2D eigenvalue weighted by atomic mass is 79.9. The van der Waals surface area contributed by atoms with Gasteiger partial charge in [-0.2, -0.15) is 8.78 Å². The summed E-state index contributed by atoms with van der Waals surface area (Å²) in [5.41, 5.74) is 5.58. The van der Waals surface area contributed by atoms with Gasteiger partial charge in [-0.3, -0.25) is 4.79 Å². The van der Waals surface area contributed by atoms with E-state index in [9.17, 15) is 13.6 Å². The van der Waals surface area contributed by atoms with E-state index >= 15 is 0 Å². The number of hydrogen-bond donors (Lipinski definition) is 2. The van der Waals surface area contributed by atoms with Crippen LogP contribution in [0.1, 0.15) is 13.3 Å². The highest BCUT2D eigenvalue weighted by molar-refractivity contribution is 9.10. The van der Waals surface area contributed by atoms with E-state index in [-0.39, 0.29) is 20.9 Å². The fraction of sp³-hybridized carbons (Fsp3) is 0.364. The molecule has 106 valence electrons. The van der Waals surface area contributed by atoms with Crippen molar-refractivity contribution < 1.29 is 18.3 Å². The van der Waals surface area contributed by atoms with Crippen molar-refractivity contribution in [2.75, 3.05) is 5.32 Å². The lowest BCUT2D eigenvalue weighted by atomic mass is 10.2. The van der Waals surface area contributed by atoms with E-state index in [0.29, 0.717) is 6.42 Å². The van der Waals surface area contributed by atoms with Gasteiger partial charge in [-0.25, -0.2) is 0 Å². The number of hydrogen-bond acceptors (Lipinski definition) is 3. The maximum absolute atomic E-state index is 12.3. The predicted octanol–water partition coefficient (Wildman–Crippen LogP) is 3.38. The van der Waals surface area contributed by atoms with E-state index in [1.54, 1.807) is 6.92 Å². The Morgan fingerprint density at radius 1 is 1.58 bits per heavy atom. The number of alkyl halides is 2. The van der Waals surface area contributed by atoms with Crippen LogP contribution in [0.25, 0.3) is 0 Å². The number of halogens is 4. The van der Waals surface area contributed by atoms with Gasteiger partial charge in [-0.05, 0) is 34.5 Å². The summed E-state index contributed by atoms with van der Waals surface area (Å²) in [6.07, 6.45) is 0.415. The van der Waals surface area contributed by atoms with Crippen molar-refractivity contribution in [2.45, 2.75) is 26.0 Å². The molecule has 8 heteroatoms. The molecule has 1 aromatic rings. The summed E-state index contributed by atoms with van der Waals surface area (Å²) < 4.78 is 29.2. The first-order chi connectivity index (χ1) is 8.85. The lowest BCUT2D eigenvalue weighted by Crippen LogP contribution is -2.35. The van der Waals surface area contributed by atoms with Gasteiger partial charge in [0.25, 0.3) is 0 Å². The number of carbonyl (C=O) groups is 1. The summed E-state index contributed by atoms with van der Waals surface area (Å²) in [6, 6.07) is 1.95. The summed E-state index contributed by atoms with van der Waals surface area (Å²) in [4.78, 5) is 11.7. The van der Waals surface area contributed by atoms with Crippen LogP contribution in [0, 0.1) is 0 Å².